The average Bonchev–Trinajstić information content (AvgIpc) is 2.87. The SMILES string of the molecule is CC(C)(C)c1ccc2c(c1)OC(C(=O)N/N=C\c1cccc(OC(=O)c3ccc([N+](=O)[O-])cc3)c1)CO2. The van der Waals surface area contributed by atoms with E-state index in [1.807, 2.05) is 18.2 Å². The van der Waals surface area contributed by atoms with Gasteiger partial charge in [-0.25, -0.2) is 10.2 Å². The van der Waals surface area contributed by atoms with Crippen molar-refractivity contribution in [3.05, 3.63) is 93.5 Å². The minimum absolute atomic E-state index is 0.0529. The molecule has 1 atom stereocenters. The van der Waals surface area contributed by atoms with Crippen LogP contribution in [0, 0.1) is 10.1 Å². The van der Waals surface area contributed by atoms with Crippen LogP contribution < -0.4 is 19.6 Å². The number of nitrogens with zero attached hydrogens (tertiary/aromatic N) is 2. The predicted molar refractivity (Wildman–Crippen MR) is 135 cm³/mol. The van der Waals surface area contributed by atoms with Crippen molar-refractivity contribution < 1.29 is 28.7 Å². The Morgan fingerprint density at radius 2 is 1.84 bits per heavy atom. The Kier molecular flexibility index (Phi) is 7.19. The van der Waals surface area contributed by atoms with Gasteiger partial charge in [0.05, 0.1) is 16.7 Å². The van der Waals surface area contributed by atoms with Crippen LogP contribution in [0.25, 0.3) is 0 Å². The first-order valence-electron chi connectivity index (χ1n) is 11.4. The molecule has 3 aromatic rings. The molecule has 0 spiro atoms. The van der Waals surface area contributed by atoms with Crippen LogP contribution in [-0.4, -0.2) is 35.7 Å². The average molecular weight is 504 g/mol. The molecule has 1 N–H and O–H groups in total. The van der Waals surface area contributed by atoms with Gasteiger partial charge in [0.25, 0.3) is 11.6 Å². The summed E-state index contributed by atoms with van der Waals surface area (Å²) in [5.74, 6) is 0.199. The number of esters is 1. The van der Waals surface area contributed by atoms with Crippen molar-refractivity contribution in [2.75, 3.05) is 6.61 Å². The van der Waals surface area contributed by atoms with E-state index >= 15 is 0 Å². The van der Waals surface area contributed by atoms with Crippen molar-refractivity contribution >= 4 is 23.8 Å². The summed E-state index contributed by atoms with van der Waals surface area (Å²) in [6.45, 7) is 6.31. The minimum Gasteiger partial charge on any atom is -0.485 e. The van der Waals surface area contributed by atoms with Crippen LogP contribution in [0.1, 0.15) is 42.3 Å². The Hall–Kier alpha value is -4.73. The number of fused-ring (bicyclic) bond motifs is 1. The number of benzene rings is 3. The number of nitro benzene ring substituents is 1. The maximum absolute atomic E-state index is 12.6. The van der Waals surface area contributed by atoms with Crippen LogP contribution >= 0.6 is 0 Å². The molecule has 10 nitrogen and oxygen atoms in total. The van der Waals surface area contributed by atoms with Gasteiger partial charge in [-0.15, -0.1) is 0 Å². The highest BCUT2D eigenvalue weighted by Gasteiger charge is 2.28. The van der Waals surface area contributed by atoms with E-state index in [-0.39, 0.29) is 29.0 Å². The molecular weight excluding hydrogens is 478 g/mol. The molecule has 1 unspecified atom stereocenters. The Morgan fingerprint density at radius 1 is 1.08 bits per heavy atom. The molecule has 37 heavy (non-hydrogen) atoms. The topological polar surface area (TPSA) is 129 Å². The molecule has 190 valence electrons. The van der Waals surface area contributed by atoms with E-state index in [2.05, 4.69) is 31.3 Å². The van der Waals surface area contributed by atoms with Crippen LogP contribution in [-0.2, 0) is 10.2 Å². The summed E-state index contributed by atoms with van der Waals surface area (Å²) in [6.07, 6.45) is 0.532. The van der Waals surface area contributed by atoms with E-state index in [4.69, 9.17) is 14.2 Å². The lowest BCUT2D eigenvalue weighted by Gasteiger charge is -2.27. The number of nitrogens with one attached hydrogen (secondary N) is 1. The molecule has 1 aliphatic heterocycles. The molecule has 0 saturated heterocycles. The minimum atomic E-state index is -0.867. The Balaban J connectivity index is 1.35. The number of hydrogen-bond acceptors (Lipinski definition) is 8. The third kappa shape index (κ3) is 6.29. The highest BCUT2D eigenvalue weighted by atomic mass is 16.6. The molecule has 0 saturated carbocycles. The van der Waals surface area contributed by atoms with E-state index in [0.717, 1.165) is 5.56 Å². The van der Waals surface area contributed by atoms with Gasteiger partial charge in [0, 0.05) is 12.1 Å². The van der Waals surface area contributed by atoms with Crippen molar-refractivity contribution in [2.45, 2.75) is 32.3 Å². The molecule has 0 bridgehead atoms. The lowest BCUT2D eigenvalue weighted by atomic mass is 9.87. The normalized spacial score (nSPS) is 14.7. The van der Waals surface area contributed by atoms with Crippen molar-refractivity contribution in [3.8, 4) is 17.2 Å². The molecule has 10 heteroatoms. The third-order valence-electron chi connectivity index (χ3n) is 5.53. The molecule has 1 heterocycles. The van der Waals surface area contributed by atoms with Crippen molar-refractivity contribution in [1.82, 2.24) is 5.43 Å². The molecule has 3 aromatic carbocycles. The first-order chi connectivity index (χ1) is 17.6. The largest absolute Gasteiger partial charge is 0.485 e. The van der Waals surface area contributed by atoms with Crippen LogP contribution in [0.4, 0.5) is 5.69 Å². The van der Waals surface area contributed by atoms with Crippen molar-refractivity contribution in [1.29, 1.82) is 0 Å². The van der Waals surface area contributed by atoms with Gasteiger partial charge in [-0.2, -0.15) is 5.10 Å². The van der Waals surface area contributed by atoms with Gasteiger partial charge in [-0.3, -0.25) is 14.9 Å². The highest BCUT2D eigenvalue weighted by Crippen LogP contribution is 2.36. The fourth-order valence-corrected chi connectivity index (χ4v) is 3.45. The smallest absolute Gasteiger partial charge is 0.343 e. The van der Waals surface area contributed by atoms with Crippen molar-refractivity contribution in [3.63, 3.8) is 0 Å². The van der Waals surface area contributed by atoms with Gasteiger partial charge >= 0.3 is 5.97 Å². The molecule has 1 amide bonds. The lowest BCUT2D eigenvalue weighted by Crippen LogP contribution is -2.42. The first kappa shape index (κ1) is 25.4. The number of ether oxygens (including phenoxy) is 3. The van der Waals surface area contributed by atoms with Gasteiger partial charge in [0.1, 0.15) is 12.4 Å². The van der Waals surface area contributed by atoms with Crippen LogP contribution in [0.2, 0.25) is 0 Å². The molecule has 4 rings (SSSR count). The summed E-state index contributed by atoms with van der Waals surface area (Å²) >= 11 is 0. The molecule has 0 fully saturated rings. The summed E-state index contributed by atoms with van der Waals surface area (Å²) in [5, 5.41) is 14.7. The summed E-state index contributed by atoms with van der Waals surface area (Å²) in [7, 11) is 0. The van der Waals surface area contributed by atoms with E-state index in [1.54, 1.807) is 24.3 Å². The lowest BCUT2D eigenvalue weighted by molar-refractivity contribution is -0.384. The number of amides is 1. The maximum atomic E-state index is 12.6. The van der Waals surface area contributed by atoms with E-state index < -0.39 is 22.9 Å². The number of nitro groups is 1. The molecular formula is C27H25N3O7. The highest BCUT2D eigenvalue weighted by molar-refractivity contribution is 5.91. The van der Waals surface area contributed by atoms with Gasteiger partial charge in [0.2, 0.25) is 6.10 Å². The van der Waals surface area contributed by atoms with Gasteiger partial charge < -0.3 is 14.2 Å². The summed E-state index contributed by atoms with van der Waals surface area (Å²) in [6, 6.07) is 17.3. The second-order valence-electron chi connectivity index (χ2n) is 9.33. The fraction of sp³-hybridized carbons (Fsp3) is 0.222. The fourth-order valence-electron chi connectivity index (χ4n) is 3.45. The van der Waals surface area contributed by atoms with E-state index in [9.17, 15) is 19.7 Å². The zero-order chi connectivity index (χ0) is 26.6. The zero-order valence-electron chi connectivity index (χ0n) is 20.5. The van der Waals surface area contributed by atoms with E-state index in [1.165, 1.54) is 30.5 Å². The molecule has 0 aromatic heterocycles. The zero-order valence-corrected chi connectivity index (χ0v) is 20.5. The van der Waals surface area contributed by atoms with Crippen LogP contribution in [0.3, 0.4) is 0 Å². The molecule has 0 aliphatic carbocycles. The number of non-ortho nitro benzene ring substituents is 1. The maximum Gasteiger partial charge on any atom is 0.343 e. The number of hydrazone groups is 1. The number of rotatable bonds is 6. The van der Waals surface area contributed by atoms with Gasteiger partial charge in [-0.05, 0) is 52.9 Å². The third-order valence-corrected chi connectivity index (χ3v) is 5.53. The van der Waals surface area contributed by atoms with Gasteiger partial charge in [-0.1, -0.05) is 39.0 Å². The Morgan fingerprint density at radius 3 is 2.54 bits per heavy atom. The second-order valence-corrected chi connectivity index (χ2v) is 9.33. The van der Waals surface area contributed by atoms with Crippen LogP contribution in [0.15, 0.2) is 71.8 Å². The summed E-state index contributed by atoms with van der Waals surface area (Å²) in [4.78, 5) is 35.1. The Labute approximate surface area is 213 Å². The second kappa shape index (κ2) is 10.5. The monoisotopic (exact) mass is 503 g/mol. The number of carbonyl (C=O) groups is 2. The quantitative estimate of drug-likeness (QED) is 0.173. The standard InChI is InChI=1S/C27H25N3O7/c1-27(2,3)19-9-12-22-23(14-19)37-24(16-35-22)25(31)29-28-15-17-5-4-6-21(13-17)36-26(32)18-7-10-20(11-8-18)30(33)34/h4-15,24H,16H2,1-3H3,(H,29,31)/b28-15-. The molecule has 1 aliphatic rings. The number of hydrogen-bond donors (Lipinski definition) is 1. The first-order valence-corrected chi connectivity index (χ1v) is 11.4. The summed E-state index contributed by atoms with van der Waals surface area (Å²) in [5.41, 5.74) is 4.03. The van der Waals surface area contributed by atoms with Gasteiger partial charge in [0.15, 0.2) is 11.5 Å². The number of carbonyl (C=O) groups excluding carboxylic acids is 2. The molecule has 0 radical (unpaired) electrons. The summed E-state index contributed by atoms with van der Waals surface area (Å²) < 4.78 is 16.9. The van der Waals surface area contributed by atoms with Crippen molar-refractivity contribution in [2.24, 2.45) is 5.10 Å². The van der Waals surface area contributed by atoms with Crippen LogP contribution in [0.5, 0.6) is 17.2 Å². The predicted octanol–water partition coefficient (Wildman–Crippen LogP) is 4.40. The van der Waals surface area contributed by atoms with E-state index in [0.29, 0.717) is 17.1 Å². The Bertz CT molecular complexity index is 1360.